The lowest BCUT2D eigenvalue weighted by atomic mass is 10.1. The van der Waals surface area contributed by atoms with Gasteiger partial charge in [0.1, 0.15) is 12.4 Å². The summed E-state index contributed by atoms with van der Waals surface area (Å²) in [6.45, 7) is 7.03. The number of carbonyl (C=O) groups excluding carboxylic acids is 1. The second-order valence-electron chi connectivity index (χ2n) is 6.82. The van der Waals surface area contributed by atoms with Crippen molar-refractivity contribution in [3.05, 3.63) is 62.7 Å². The first-order chi connectivity index (χ1) is 13.9. The van der Waals surface area contributed by atoms with Crippen molar-refractivity contribution in [2.24, 2.45) is 0 Å². The van der Waals surface area contributed by atoms with E-state index in [1.807, 2.05) is 13.0 Å². The van der Waals surface area contributed by atoms with E-state index in [9.17, 15) is 14.9 Å². The van der Waals surface area contributed by atoms with Crippen molar-refractivity contribution in [3.63, 3.8) is 0 Å². The number of ether oxygens (including phenoxy) is 1. The van der Waals surface area contributed by atoms with Crippen LogP contribution in [0.25, 0.3) is 0 Å². The molecule has 1 aliphatic heterocycles. The van der Waals surface area contributed by atoms with Gasteiger partial charge >= 0.3 is 0 Å². The van der Waals surface area contributed by atoms with Gasteiger partial charge in [0.25, 0.3) is 11.6 Å². The Bertz CT molecular complexity index is 900. The summed E-state index contributed by atoms with van der Waals surface area (Å²) in [5.41, 5.74) is 1.47. The van der Waals surface area contributed by atoms with Crippen LogP contribution in [-0.2, 0) is 0 Å². The molecular formula is C20H23ClN4O4. The lowest BCUT2D eigenvalue weighted by Gasteiger charge is -2.27. The number of benzene rings is 2. The third-order valence-electron chi connectivity index (χ3n) is 4.67. The first-order valence-electron chi connectivity index (χ1n) is 9.36. The average molecular weight is 419 g/mol. The number of piperazine rings is 1. The highest BCUT2D eigenvalue weighted by Crippen LogP contribution is 2.28. The molecule has 0 radical (unpaired) electrons. The normalized spacial score (nSPS) is 14.4. The molecule has 0 aliphatic carbocycles. The number of nitro benzene ring substituents is 1. The van der Waals surface area contributed by atoms with Crippen LogP contribution < -0.4 is 15.4 Å². The van der Waals surface area contributed by atoms with E-state index in [2.05, 4.69) is 15.5 Å². The number of aryl methyl sites for hydroxylation is 1. The maximum Gasteiger partial charge on any atom is 0.271 e. The minimum Gasteiger partial charge on any atom is -0.491 e. The molecule has 0 atom stereocenters. The predicted molar refractivity (Wildman–Crippen MR) is 112 cm³/mol. The highest BCUT2D eigenvalue weighted by atomic mass is 35.5. The van der Waals surface area contributed by atoms with Gasteiger partial charge in [-0.1, -0.05) is 23.2 Å². The van der Waals surface area contributed by atoms with Gasteiger partial charge in [-0.15, -0.1) is 0 Å². The van der Waals surface area contributed by atoms with Crippen molar-refractivity contribution in [1.29, 1.82) is 0 Å². The van der Waals surface area contributed by atoms with Crippen LogP contribution in [0.15, 0.2) is 36.4 Å². The van der Waals surface area contributed by atoms with Crippen molar-refractivity contribution in [2.45, 2.75) is 6.92 Å². The molecule has 29 heavy (non-hydrogen) atoms. The van der Waals surface area contributed by atoms with Crippen LogP contribution in [0.3, 0.4) is 0 Å². The summed E-state index contributed by atoms with van der Waals surface area (Å²) in [6, 6.07) is 9.32. The van der Waals surface area contributed by atoms with Crippen LogP contribution >= 0.6 is 11.6 Å². The zero-order valence-electron chi connectivity index (χ0n) is 16.1. The molecule has 1 saturated heterocycles. The standard InChI is InChI=1S/C20H23ClN4O4/c1-14-2-5-19(29-11-10-24-8-6-22-7-9-24)16(12-14)20(26)23-18-4-3-15(25(27)28)13-17(18)21/h2-5,12-13,22H,6-11H2,1H3,(H,23,26). The third-order valence-corrected chi connectivity index (χ3v) is 4.98. The fourth-order valence-corrected chi connectivity index (χ4v) is 3.30. The van der Waals surface area contributed by atoms with Crippen LogP contribution in [0.2, 0.25) is 5.02 Å². The largest absolute Gasteiger partial charge is 0.491 e. The van der Waals surface area contributed by atoms with Gasteiger partial charge in [-0.2, -0.15) is 0 Å². The fraction of sp³-hybridized carbons (Fsp3) is 0.350. The summed E-state index contributed by atoms with van der Waals surface area (Å²) < 4.78 is 5.89. The number of hydrogen-bond acceptors (Lipinski definition) is 6. The lowest BCUT2D eigenvalue weighted by Crippen LogP contribution is -2.44. The number of non-ortho nitro benzene ring substituents is 1. The quantitative estimate of drug-likeness (QED) is 0.529. The first kappa shape index (κ1) is 21.0. The first-order valence-corrected chi connectivity index (χ1v) is 9.73. The van der Waals surface area contributed by atoms with Crippen LogP contribution in [0.5, 0.6) is 5.75 Å². The zero-order chi connectivity index (χ0) is 20.8. The summed E-state index contributed by atoms with van der Waals surface area (Å²) >= 11 is 6.08. The molecule has 8 nitrogen and oxygen atoms in total. The number of hydrogen-bond donors (Lipinski definition) is 2. The fourth-order valence-electron chi connectivity index (χ4n) is 3.08. The summed E-state index contributed by atoms with van der Waals surface area (Å²) in [4.78, 5) is 25.4. The Morgan fingerprint density at radius 1 is 1.28 bits per heavy atom. The molecule has 9 heteroatoms. The van der Waals surface area contributed by atoms with Crippen molar-refractivity contribution in [2.75, 3.05) is 44.6 Å². The molecule has 154 valence electrons. The van der Waals surface area contributed by atoms with Gasteiger partial charge < -0.3 is 15.4 Å². The highest BCUT2D eigenvalue weighted by Gasteiger charge is 2.17. The molecule has 1 fully saturated rings. The van der Waals surface area contributed by atoms with Crippen LogP contribution in [0.4, 0.5) is 11.4 Å². The van der Waals surface area contributed by atoms with E-state index >= 15 is 0 Å². The van der Waals surface area contributed by atoms with E-state index in [-0.39, 0.29) is 16.6 Å². The van der Waals surface area contributed by atoms with Gasteiger partial charge in [0.05, 0.1) is 21.2 Å². The number of nitrogens with zero attached hydrogens (tertiary/aromatic N) is 2. The minimum atomic E-state index is -0.539. The second kappa shape index (κ2) is 9.69. The summed E-state index contributed by atoms with van der Waals surface area (Å²) in [7, 11) is 0. The SMILES string of the molecule is Cc1ccc(OCCN2CCNCC2)c(C(=O)Nc2ccc([N+](=O)[O-])cc2Cl)c1. The Kier molecular flexibility index (Phi) is 7.03. The van der Waals surface area contributed by atoms with Gasteiger partial charge in [0, 0.05) is 44.9 Å². The van der Waals surface area contributed by atoms with Gasteiger partial charge in [0.2, 0.25) is 0 Å². The molecule has 0 aromatic heterocycles. The van der Waals surface area contributed by atoms with E-state index < -0.39 is 4.92 Å². The molecule has 2 aromatic rings. The van der Waals surface area contributed by atoms with E-state index in [1.165, 1.54) is 18.2 Å². The molecule has 1 aliphatic rings. The van der Waals surface area contributed by atoms with Gasteiger partial charge in [0.15, 0.2) is 0 Å². The van der Waals surface area contributed by atoms with Gasteiger partial charge in [-0.25, -0.2) is 0 Å². The van der Waals surface area contributed by atoms with E-state index in [0.29, 0.717) is 23.6 Å². The summed E-state index contributed by atoms with van der Waals surface area (Å²) in [5, 5.41) is 17.0. The molecule has 0 spiro atoms. The van der Waals surface area contributed by atoms with E-state index in [1.54, 1.807) is 12.1 Å². The molecule has 3 rings (SSSR count). The highest BCUT2D eigenvalue weighted by molar-refractivity contribution is 6.34. The van der Waals surface area contributed by atoms with E-state index in [4.69, 9.17) is 16.3 Å². The number of rotatable bonds is 7. The Balaban J connectivity index is 1.69. The van der Waals surface area contributed by atoms with Crippen molar-refractivity contribution < 1.29 is 14.5 Å². The monoisotopic (exact) mass is 418 g/mol. The lowest BCUT2D eigenvalue weighted by molar-refractivity contribution is -0.384. The molecule has 2 aromatic carbocycles. The second-order valence-corrected chi connectivity index (χ2v) is 7.22. The Morgan fingerprint density at radius 2 is 2.03 bits per heavy atom. The number of carbonyl (C=O) groups is 1. The summed E-state index contributed by atoms with van der Waals surface area (Å²) in [5.74, 6) is 0.0999. The average Bonchev–Trinajstić information content (AvgIpc) is 2.71. The zero-order valence-corrected chi connectivity index (χ0v) is 16.9. The smallest absolute Gasteiger partial charge is 0.271 e. The molecular weight excluding hydrogens is 396 g/mol. The van der Waals surface area contributed by atoms with Crippen molar-refractivity contribution >= 4 is 28.9 Å². The number of anilines is 1. The van der Waals surface area contributed by atoms with E-state index in [0.717, 1.165) is 38.3 Å². The van der Waals surface area contributed by atoms with Crippen molar-refractivity contribution in [3.8, 4) is 5.75 Å². The Labute approximate surface area is 173 Å². The number of amides is 1. The molecule has 0 saturated carbocycles. The summed E-state index contributed by atoms with van der Waals surface area (Å²) in [6.07, 6.45) is 0. The van der Waals surface area contributed by atoms with Crippen LogP contribution in [0, 0.1) is 17.0 Å². The molecule has 0 bridgehead atoms. The van der Waals surface area contributed by atoms with Gasteiger partial charge in [-0.3, -0.25) is 19.8 Å². The number of nitrogens with one attached hydrogen (secondary N) is 2. The Morgan fingerprint density at radius 3 is 2.72 bits per heavy atom. The van der Waals surface area contributed by atoms with Crippen LogP contribution in [0.1, 0.15) is 15.9 Å². The molecule has 1 amide bonds. The third kappa shape index (κ3) is 5.66. The minimum absolute atomic E-state index is 0.0985. The molecule has 1 heterocycles. The topological polar surface area (TPSA) is 96.7 Å². The van der Waals surface area contributed by atoms with Crippen LogP contribution in [-0.4, -0.2) is 55.1 Å². The molecule has 2 N–H and O–H groups in total. The van der Waals surface area contributed by atoms with Crippen molar-refractivity contribution in [1.82, 2.24) is 10.2 Å². The maximum atomic E-state index is 12.8. The molecule has 0 unspecified atom stereocenters. The number of halogens is 1. The Hall–Kier alpha value is -2.68. The van der Waals surface area contributed by atoms with Gasteiger partial charge in [-0.05, 0) is 25.1 Å². The predicted octanol–water partition coefficient (Wildman–Crippen LogP) is 3.09. The maximum absolute atomic E-state index is 12.8. The number of nitro groups is 1.